The molecule has 0 atom stereocenters. The molecule has 0 unspecified atom stereocenters. The summed E-state index contributed by atoms with van der Waals surface area (Å²) in [5.74, 6) is 0.623. The fourth-order valence-corrected chi connectivity index (χ4v) is 5.94. The molecule has 4 rings (SSSR count). The van der Waals surface area contributed by atoms with E-state index in [1.807, 2.05) is 0 Å². The molecular weight excluding hydrogens is 537 g/mol. The van der Waals surface area contributed by atoms with E-state index in [-0.39, 0.29) is 19.2 Å². The molecule has 220 valence electrons. The molecule has 2 aliphatic heterocycles. The van der Waals surface area contributed by atoms with Crippen LogP contribution in [0.1, 0.15) is 75.5 Å². The normalized spacial score (nSPS) is 17.4. The van der Waals surface area contributed by atoms with E-state index in [0.717, 1.165) is 88.4 Å². The number of rotatable bonds is 9. The summed E-state index contributed by atoms with van der Waals surface area (Å²) in [6, 6.07) is 12.2. The van der Waals surface area contributed by atoms with E-state index in [1.165, 1.54) is 23.6 Å². The molecule has 0 spiro atoms. The molecule has 6 nitrogen and oxygen atoms in total. The van der Waals surface area contributed by atoms with Gasteiger partial charge in [-0.3, -0.25) is 10.1 Å². The molecule has 0 aromatic heterocycles. The van der Waals surface area contributed by atoms with Crippen LogP contribution < -0.4 is 5.32 Å². The predicted octanol–water partition coefficient (Wildman–Crippen LogP) is 7.68. The molecule has 0 bridgehead atoms. The van der Waals surface area contributed by atoms with Crippen molar-refractivity contribution in [3.8, 4) is 0 Å². The van der Waals surface area contributed by atoms with Gasteiger partial charge in [-0.15, -0.1) is 0 Å². The third kappa shape index (κ3) is 8.39. The van der Waals surface area contributed by atoms with Crippen LogP contribution in [0.25, 0.3) is 0 Å². The van der Waals surface area contributed by atoms with E-state index in [1.54, 1.807) is 0 Å². The second-order valence-electron chi connectivity index (χ2n) is 10.6. The lowest BCUT2D eigenvalue weighted by molar-refractivity contribution is -0.388. The van der Waals surface area contributed by atoms with E-state index < -0.39 is 22.4 Å². The Hall–Kier alpha value is -2.72. The number of hydrogen-bond donors (Lipinski definition) is 1. The van der Waals surface area contributed by atoms with Gasteiger partial charge in [0.1, 0.15) is 5.56 Å². The average Bonchev–Trinajstić information content (AvgIpc) is 2.92. The van der Waals surface area contributed by atoms with Crippen LogP contribution in [0.5, 0.6) is 0 Å². The number of likely N-dealkylation sites (tertiary alicyclic amines) is 2. The maximum absolute atomic E-state index is 13.3. The van der Waals surface area contributed by atoms with Gasteiger partial charge < -0.3 is 15.1 Å². The summed E-state index contributed by atoms with van der Waals surface area (Å²) in [6.07, 6.45) is 2.15. The molecule has 0 radical (unpaired) electrons. The average molecular weight is 579 g/mol. The molecule has 2 heterocycles. The Morgan fingerprint density at radius 1 is 1.05 bits per heavy atom. The van der Waals surface area contributed by atoms with Crippen LogP contribution in [0, 0.1) is 10.1 Å². The van der Waals surface area contributed by atoms with Crippen LogP contribution in [0.3, 0.4) is 0 Å². The van der Waals surface area contributed by atoms with Crippen LogP contribution in [0.2, 0.25) is 0 Å². The van der Waals surface area contributed by atoms with E-state index >= 15 is 0 Å². The SMILES string of the molecule is C.CCCc1ccc(C2CCN(CCC(=S)N3CCC(Nc4ccc([N+](=O)[O-])c(C(F)(F)F)c4)CC3)CC2)cc1. The van der Waals surface area contributed by atoms with Crippen molar-refractivity contribution in [3.63, 3.8) is 0 Å². The zero-order chi connectivity index (χ0) is 28.0. The quantitative estimate of drug-likeness (QED) is 0.187. The summed E-state index contributed by atoms with van der Waals surface area (Å²) in [4.78, 5) is 15.6. The molecule has 10 heteroatoms. The summed E-state index contributed by atoms with van der Waals surface area (Å²) < 4.78 is 39.9. The molecule has 2 fully saturated rings. The highest BCUT2D eigenvalue weighted by Gasteiger charge is 2.38. The van der Waals surface area contributed by atoms with Crippen molar-refractivity contribution in [3.05, 3.63) is 69.3 Å². The van der Waals surface area contributed by atoms with Crippen LogP contribution >= 0.6 is 12.2 Å². The van der Waals surface area contributed by atoms with E-state index in [9.17, 15) is 23.3 Å². The summed E-state index contributed by atoms with van der Waals surface area (Å²) in [5.41, 5.74) is 0.941. The van der Waals surface area contributed by atoms with Crippen molar-refractivity contribution in [1.82, 2.24) is 9.80 Å². The number of benzene rings is 2. The zero-order valence-corrected chi connectivity index (χ0v) is 23.2. The van der Waals surface area contributed by atoms with E-state index in [4.69, 9.17) is 12.2 Å². The van der Waals surface area contributed by atoms with Gasteiger partial charge in [0.2, 0.25) is 0 Å². The summed E-state index contributed by atoms with van der Waals surface area (Å²) >= 11 is 5.73. The Bertz CT molecular complexity index is 1130. The summed E-state index contributed by atoms with van der Waals surface area (Å²) in [5, 5.41) is 14.1. The Morgan fingerprint density at radius 3 is 2.27 bits per heavy atom. The number of nitrogens with zero attached hydrogens (tertiary/aromatic N) is 3. The third-order valence-corrected chi connectivity index (χ3v) is 8.40. The smallest absolute Gasteiger partial charge is 0.382 e. The first-order chi connectivity index (χ1) is 18.6. The first-order valence-electron chi connectivity index (χ1n) is 13.8. The topological polar surface area (TPSA) is 61.6 Å². The van der Waals surface area contributed by atoms with Crippen molar-refractivity contribution >= 4 is 28.6 Å². The molecular formula is C30H41F3N4O2S. The van der Waals surface area contributed by atoms with Gasteiger partial charge in [0.25, 0.3) is 5.69 Å². The van der Waals surface area contributed by atoms with Gasteiger partial charge in [0, 0.05) is 43.9 Å². The van der Waals surface area contributed by atoms with Gasteiger partial charge >= 0.3 is 6.18 Å². The second kappa shape index (κ2) is 14.3. The lowest BCUT2D eigenvalue weighted by Crippen LogP contribution is -2.43. The highest BCUT2D eigenvalue weighted by Crippen LogP contribution is 2.38. The van der Waals surface area contributed by atoms with Crippen molar-refractivity contribution in [2.75, 3.05) is 38.0 Å². The minimum atomic E-state index is -4.79. The summed E-state index contributed by atoms with van der Waals surface area (Å²) in [6.45, 7) is 6.79. The molecule has 2 aliphatic rings. The number of alkyl halides is 3. The minimum Gasteiger partial charge on any atom is -0.382 e. The third-order valence-electron chi connectivity index (χ3n) is 7.94. The zero-order valence-electron chi connectivity index (χ0n) is 22.4. The molecule has 2 aromatic carbocycles. The van der Waals surface area contributed by atoms with Crippen molar-refractivity contribution in [1.29, 1.82) is 0 Å². The Kier molecular flexibility index (Phi) is 11.3. The molecule has 2 aromatic rings. The van der Waals surface area contributed by atoms with Crippen molar-refractivity contribution in [2.24, 2.45) is 0 Å². The molecule has 0 saturated carbocycles. The van der Waals surface area contributed by atoms with Crippen LogP contribution in [-0.4, -0.2) is 58.5 Å². The minimum absolute atomic E-state index is 0. The van der Waals surface area contributed by atoms with Crippen LogP contribution in [-0.2, 0) is 12.6 Å². The lowest BCUT2D eigenvalue weighted by Gasteiger charge is -2.36. The first kappa shape index (κ1) is 31.8. The second-order valence-corrected chi connectivity index (χ2v) is 11.1. The van der Waals surface area contributed by atoms with Gasteiger partial charge in [-0.2, -0.15) is 13.2 Å². The highest BCUT2D eigenvalue weighted by molar-refractivity contribution is 7.80. The van der Waals surface area contributed by atoms with Crippen LogP contribution in [0.4, 0.5) is 24.5 Å². The molecule has 0 aliphatic carbocycles. The number of aryl methyl sites for hydroxylation is 1. The highest BCUT2D eigenvalue weighted by atomic mass is 32.1. The molecule has 0 amide bonds. The molecule has 40 heavy (non-hydrogen) atoms. The monoisotopic (exact) mass is 578 g/mol. The van der Waals surface area contributed by atoms with Crippen molar-refractivity contribution in [2.45, 2.75) is 77.4 Å². The standard InChI is InChI=1S/C29H37F3N4O2S.CH4/c1-2-3-21-4-6-22(7-5-21)23-10-15-34(16-11-23)17-14-28(39)35-18-12-24(13-19-35)33-25-8-9-27(36(37)38)26(20-25)29(30,31)32;/h4-9,20,23-24,33H,2-3,10-19H2,1H3;1H4. The largest absolute Gasteiger partial charge is 0.423 e. The van der Waals surface area contributed by atoms with E-state index in [0.29, 0.717) is 5.92 Å². The van der Waals surface area contributed by atoms with Crippen LogP contribution in [0.15, 0.2) is 42.5 Å². The van der Waals surface area contributed by atoms with Gasteiger partial charge in [0.05, 0.1) is 9.91 Å². The number of hydrogen-bond acceptors (Lipinski definition) is 5. The fourth-order valence-electron chi connectivity index (χ4n) is 5.67. The number of nitrogens with one attached hydrogen (secondary N) is 1. The summed E-state index contributed by atoms with van der Waals surface area (Å²) in [7, 11) is 0. The number of nitro benzene ring substituents is 1. The maximum Gasteiger partial charge on any atom is 0.423 e. The molecule has 1 N–H and O–H groups in total. The van der Waals surface area contributed by atoms with Gasteiger partial charge in [-0.25, -0.2) is 0 Å². The predicted molar refractivity (Wildman–Crippen MR) is 159 cm³/mol. The molecule has 2 saturated heterocycles. The Balaban J connectivity index is 0.00000441. The lowest BCUT2D eigenvalue weighted by atomic mass is 9.88. The Morgan fingerprint density at radius 2 is 1.70 bits per heavy atom. The number of piperidine rings is 2. The van der Waals surface area contributed by atoms with Gasteiger partial charge in [-0.05, 0) is 74.4 Å². The van der Waals surface area contributed by atoms with Gasteiger partial charge in [0.15, 0.2) is 0 Å². The number of anilines is 1. The maximum atomic E-state index is 13.3. The number of thiocarbonyl (C=S) groups is 1. The first-order valence-corrected chi connectivity index (χ1v) is 14.3. The number of nitro groups is 1. The fraction of sp³-hybridized carbons (Fsp3) is 0.567. The Labute approximate surface area is 241 Å². The van der Waals surface area contributed by atoms with E-state index in [2.05, 4.69) is 46.3 Å². The number of halogens is 3. The van der Waals surface area contributed by atoms with Gasteiger partial charge in [-0.1, -0.05) is 57.3 Å². The van der Waals surface area contributed by atoms with Crippen molar-refractivity contribution < 1.29 is 18.1 Å².